The molecule has 1 fully saturated rings. The van der Waals surface area contributed by atoms with E-state index in [4.69, 9.17) is 11.5 Å². The SMILES string of the molecule is I.NC(=O)c1ccc(CN=C(N)N2CCN(c3ccc(F)cc3)CC2)cc1. The second-order valence-corrected chi connectivity index (χ2v) is 6.19. The van der Waals surface area contributed by atoms with Crippen molar-refractivity contribution in [3.05, 3.63) is 65.5 Å². The Morgan fingerprint density at radius 1 is 0.963 bits per heavy atom. The molecule has 0 unspecified atom stereocenters. The van der Waals surface area contributed by atoms with Gasteiger partial charge >= 0.3 is 0 Å². The lowest BCUT2D eigenvalue weighted by molar-refractivity contribution is 0.100. The monoisotopic (exact) mass is 483 g/mol. The number of nitrogens with two attached hydrogens (primary N) is 2. The van der Waals surface area contributed by atoms with E-state index in [2.05, 4.69) is 9.89 Å². The van der Waals surface area contributed by atoms with Crippen molar-refractivity contribution in [2.45, 2.75) is 6.54 Å². The van der Waals surface area contributed by atoms with Gasteiger partial charge in [-0.1, -0.05) is 12.1 Å². The van der Waals surface area contributed by atoms with Crippen LogP contribution >= 0.6 is 24.0 Å². The Labute approximate surface area is 175 Å². The molecule has 0 radical (unpaired) electrons. The van der Waals surface area contributed by atoms with Gasteiger partial charge in [0.1, 0.15) is 5.82 Å². The van der Waals surface area contributed by atoms with Gasteiger partial charge in [0.05, 0.1) is 6.54 Å². The number of carbonyl (C=O) groups excluding carboxylic acids is 1. The topological polar surface area (TPSA) is 87.9 Å². The largest absolute Gasteiger partial charge is 0.370 e. The third kappa shape index (κ3) is 5.56. The highest BCUT2D eigenvalue weighted by molar-refractivity contribution is 14.0. The summed E-state index contributed by atoms with van der Waals surface area (Å²) in [7, 11) is 0. The third-order valence-corrected chi connectivity index (χ3v) is 4.46. The molecular formula is C19H23FIN5O. The van der Waals surface area contributed by atoms with Crippen LogP contribution in [0.3, 0.4) is 0 Å². The molecular weight excluding hydrogens is 460 g/mol. The first-order chi connectivity index (χ1) is 12.5. The van der Waals surface area contributed by atoms with E-state index >= 15 is 0 Å². The van der Waals surface area contributed by atoms with Crippen LogP contribution in [0.1, 0.15) is 15.9 Å². The van der Waals surface area contributed by atoms with Crippen molar-refractivity contribution in [3.8, 4) is 0 Å². The Morgan fingerprint density at radius 2 is 1.56 bits per heavy atom. The van der Waals surface area contributed by atoms with Crippen molar-refractivity contribution in [3.63, 3.8) is 0 Å². The number of nitrogens with zero attached hydrogens (tertiary/aromatic N) is 3. The summed E-state index contributed by atoms with van der Waals surface area (Å²) in [6.45, 7) is 3.56. The predicted molar refractivity (Wildman–Crippen MR) is 116 cm³/mol. The molecule has 0 bridgehead atoms. The van der Waals surface area contributed by atoms with Crippen LogP contribution in [-0.4, -0.2) is 42.9 Å². The van der Waals surface area contributed by atoms with E-state index in [0.29, 0.717) is 18.1 Å². The number of piperazine rings is 1. The molecule has 1 aliphatic heterocycles. The van der Waals surface area contributed by atoms with Gasteiger partial charge in [0.2, 0.25) is 5.91 Å². The molecule has 0 spiro atoms. The summed E-state index contributed by atoms with van der Waals surface area (Å²) in [6.07, 6.45) is 0. The van der Waals surface area contributed by atoms with Crippen molar-refractivity contribution < 1.29 is 9.18 Å². The van der Waals surface area contributed by atoms with Crippen molar-refractivity contribution in [2.75, 3.05) is 31.1 Å². The van der Waals surface area contributed by atoms with Gasteiger partial charge in [-0.3, -0.25) is 4.79 Å². The number of benzene rings is 2. The molecule has 2 aromatic carbocycles. The second kappa shape index (κ2) is 9.54. The maximum absolute atomic E-state index is 13.0. The lowest BCUT2D eigenvalue weighted by atomic mass is 10.1. The lowest BCUT2D eigenvalue weighted by Gasteiger charge is -2.36. The fourth-order valence-electron chi connectivity index (χ4n) is 2.89. The minimum absolute atomic E-state index is 0. The molecule has 0 aromatic heterocycles. The van der Waals surface area contributed by atoms with Gasteiger partial charge in [-0.25, -0.2) is 9.38 Å². The number of rotatable bonds is 4. The number of aliphatic imine (C=N–C) groups is 1. The summed E-state index contributed by atoms with van der Waals surface area (Å²) >= 11 is 0. The molecule has 0 aliphatic carbocycles. The quantitative estimate of drug-likeness (QED) is 0.397. The van der Waals surface area contributed by atoms with E-state index in [-0.39, 0.29) is 29.8 Å². The van der Waals surface area contributed by atoms with Crippen LogP contribution in [0.25, 0.3) is 0 Å². The molecule has 144 valence electrons. The summed E-state index contributed by atoms with van der Waals surface area (Å²) in [4.78, 5) is 19.8. The van der Waals surface area contributed by atoms with Crippen molar-refractivity contribution >= 4 is 41.5 Å². The van der Waals surface area contributed by atoms with Gasteiger partial charge in [0.25, 0.3) is 0 Å². The fourth-order valence-corrected chi connectivity index (χ4v) is 2.89. The maximum Gasteiger partial charge on any atom is 0.248 e. The molecule has 27 heavy (non-hydrogen) atoms. The summed E-state index contributed by atoms with van der Waals surface area (Å²) in [5.74, 6) is -0.172. The average molecular weight is 483 g/mol. The lowest BCUT2D eigenvalue weighted by Crippen LogP contribution is -2.51. The number of carbonyl (C=O) groups is 1. The summed E-state index contributed by atoms with van der Waals surface area (Å²) in [6, 6.07) is 13.5. The van der Waals surface area contributed by atoms with Crippen LogP contribution in [0.4, 0.5) is 10.1 Å². The zero-order valence-corrected chi connectivity index (χ0v) is 17.2. The van der Waals surface area contributed by atoms with Crippen LogP contribution in [0.15, 0.2) is 53.5 Å². The van der Waals surface area contributed by atoms with Gasteiger partial charge in [0, 0.05) is 37.4 Å². The third-order valence-electron chi connectivity index (χ3n) is 4.46. The predicted octanol–water partition coefficient (Wildman–Crippen LogP) is 2.18. The molecule has 3 rings (SSSR count). The Kier molecular flexibility index (Phi) is 7.40. The van der Waals surface area contributed by atoms with Gasteiger partial charge in [-0.2, -0.15) is 0 Å². The van der Waals surface area contributed by atoms with E-state index in [9.17, 15) is 9.18 Å². The van der Waals surface area contributed by atoms with Crippen LogP contribution in [0, 0.1) is 5.82 Å². The Morgan fingerprint density at radius 3 is 2.11 bits per heavy atom. The van der Waals surface area contributed by atoms with E-state index in [1.807, 2.05) is 17.0 Å². The average Bonchev–Trinajstić information content (AvgIpc) is 2.67. The van der Waals surface area contributed by atoms with E-state index in [1.165, 1.54) is 12.1 Å². The number of primary amides is 1. The number of hydrogen-bond acceptors (Lipinski definition) is 3. The van der Waals surface area contributed by atoms with Crippen molar-refractivity contribution in [1.29, 1.82) is 0 Å². The Bertz CT molecular complexity index is 787. The summed E-state index contributed by atoms with van der Waals surface area (Å²) in [5.41, 5.74) is 13.8. The first kappa shape index (κ1) is 20.9. The number of halogens is 2. The molecule has 2 aromatic rings. The highest BCUT2D eigenvalue weighted by Crippen LogP contribution is 2.17. The number of amides is 1. The van der Waals surface area contributed by atoms with E-state index in [0.717, 1.165) is 37.4 Å². The first-order valence-corrected chi connectivity index (χ1v) is 8.47. The molecule has 1 heterocycles. The van der Waals surface area contributed by atoms with Crippen LogP contribution in [0.2, 0.25) is 0 Å². The Balaban J connectivity index is 0.00000261. The number of hydrogen-bond donors (Lipinski definition) is 2. The molecule has 6 nitrogen and oxygen atoms in total. The van der Waals surface area contributed by atoms with Crippen LogP contribution in [0.5, 0.6) is 0 Å². The highest BCUT2D eigenvalue weighted by Gasteiger charge is 2.18. The maximum atomic E-state index is 13.0. The zero-order valence-electron chi connectivity index (χ0n) is 14.8. The van der Waals surface area contributed by atoms with Crippen LogP contribution < -0.4 is 16.4 Å². The standard InChI is InChI=1S/C19H22FN5O.HI/c20-16-5-7-17(8-6-16)24-9-11-25(12-10-24)19(22)23-13-14-1-3-15(4-2-14)18(21)26;/h1-8H,9-13H2,(H2,21,26)(H2,22,23);1H. The highest BCUT2D eigenvalue weighted by atomic mass is 127. The van der Waals surface area contributed by atoms with Gasteiger partial charge in [0.15, 0.2) is 5.96 Å². The number of guanidine groups is 1. The molecule has 1 aliphatic rings. The molecule has 8 heteroatoms. The van der Waals surface area contributed by atoms with Crippen molar-refractivity contribution in [2.24, 2.45) is 16.5 Å². The zero-order chi connectivity index (χ0) is 18.5. The summed E-state index contributed by atoms with van der Waals surface area (Å²) in [5, 5.41) is 0. The fraction of sp³-hybridized carbons (Fsp3) is 0.263. The summed E-state index contributed by atoms with van der Waals surface area (Å²) < 4.78 is 13.0. The van der Waals surface area contributed by atoms with Gasteiger partial charge in [-0.15, -0.1) is 24.0 Å². The molecule has 1 amide bonds. The molecule has 0 saturated carbocycles. The van der Waals surface area contributed by atoms with E-state index < -0.39 is 5.91 Å². The normalized spacial score (nSPS) is 14.6. The van der Waals surface area contributed by atoms with Crippen LogP contribution in [-0.2, 0) is 6.54 Å². The molecule has 0 atom stereocenters. The van der Waals surface area contributed by atoms with Gasteiger partial charge < -0.3 is 21.3 Å². The second-order valence-electron chi connectivity index (χ2n) is 6.19. The minimum atomic E-state index is -0.446. The minimum Gasteiger partial charge on any atom is -0.370 e. The Hall–Kier alpha value is -2.36. The van der Waals surface area contributed by atoms with Crippen molar-refractivity contribution in [1.82, 2.24) is 4.90 Å². The molecule has 4 N–H and O–H groups in total. The smallest absolute Gasteiger partial charge is 0.248 e. The van der Waals surface area contributed by atoms with Gasteiger partial charge in [-0.05, 0) is 42.0 Å². The number of anilines is 1. The van der Waals surface area contributed by atoms with E-state index in [1.54, 1.807) is 24.3 Å². The first-order valence-electron chi connectivity index (χ1n) is 8.47. The molecule has 1 saturated heterocycles.